The molecule has 0 aromatic rings. The van der Waals surface area contributed by atoms with Crippen LogP contribution in [0.25, 0.3) is 0 Å². The molecule has 0 aliphatic heterocycles. The number of rotatable bonds is 6. The number of carbonyl (C=O) groups excluding carboxylic acids is 2. The van der Waals surface area contributed by atoms with Gasteiger partial charge in [0.25, 0.3) is 0 Å². The smallest absolute Gasteiger partial charge is 0.550 e. The summed E-state index contributed by atoms with van der Waals surface area (Å²) in [6, 6.07) is -1.01. The van der Waals surface area contributed by atoms with Gasteiger partial charge in [-0.1, -0.05) is 0 Å². The molecule has 0 saturated heterocycles. The Balaban J connectivity index is -0.000000116. The summed E-state index contributed by atoms with van der Waals surface area (Å²) in [6.07, 6.45) is -1.04. The molecule has 0 aliphatic rings. The molecule has 0 atom stereocenters. The Bertz CT molecular complexity index is 248. The van der Waals surface area contributed by atoms with Gasteiger partial charge in [0.05, 0.1) is 0 Å². The molecule has 0 radical (unpaired) electrons. The molecule has 20 heavy (non-hydrogen) atoms. The predicted molar refractivity (Wildman–Crippen MR) is 53.7 cm³/mol. The summed E-state index contributed by atoms with van der Waals surface area (Å²) in [5.74, 6) is -2.80. The molecule has 10 nitrogen and oxygen atoms in total. The van der Waals surface area contributed by atoms with E-state index in [0.29, 0.717) is 0 Å². The van der Waals surface area contributed by atoms with Crippen LogP contribution in [0.5, 0.6) is 0 Å². The van der Waals surface area contributed by atoms with Crippen molar-refractivity contribution < 1.29 is 108 Å². The Morgan fingerprint density at radius 1 is 0.700 bits per heavy atom. The average Bonchev–Trinajstić information content (AvgIpc) is 2.10. The molecule has 0 spiro atoms. The van der Waals surface area contributed by atoms with E-state index in [2.05, 4.69) is 0 Å². The van der Waals surface area contributed by atoms with Crippen LogP contribution in [0.4, 0.5) is 0 Å². The maximum absolute atomic E-state index is 9.62. The molecule has 108 valence electrons. The second kappa shape index (κ2) is 13.8. The first-order valence-electron chi connectivity index (χ1n) is 4.57. The zero-order valence-corrected chi connectivity index (χ0v) is 17.1. The fourth-order valence-electron chi connectivity index (χ4n) is 0.540. The van der Waals surface area contributed by atoms with Crippen molar-refractivity contribution in [1.82, 2.24) is 0 Å². The van der Waals surface area contributed by atoms with Crippen LogP contribution in [0.1, 0.15) is 12.8 Å². The van der Waals surface area contributed by atoms with E-state index in [-0.39, 0.29) is 59.1 Å². The molecular weight excluding hydrogens is 334 g/mol. The van der Waals surface area contributed by atoms with Crippen molar-refractivity contribution in [3.8, 4) is 0 Å². The van der Waals surface area contributed by atoms with Crippen LogP contribution in [0, 0.1) is 0 Å². The van der Waals surface area contributed by atoms with Crippen molar-refractivity contribution in [3.05, 3.63) is 0 Å². The van der Waals surface area contributed by atoms with Gasteiger partial charge in [0, 0.05) is 24.0 Å². The maximum atomic E-state index is 9.62. The minimum Gasteiger partial charge on any atom is -0.550 e. The van der Waals surface area contributed by atoms with E-state index in [1.54, 1.807) is 0 Å². The quantitative estimate of drug-likeness (QED) is 0.250. The van der Waals surface area contributed by atoms with Crippen molar-refractivity contribution in [2.24, 2.45) is 0 Å². The van der Waals surface area contributed by atoms with Gasteiger partial charge in [-0.15, -0.1) is 0 Å². The molecule has 0 rings (SSSR count). The van der Waals surface area contributed by atoms with Crippen molar-refractivity contribution in [3.63, 3.8) is 0 Å². The molecule has 0 aromatic heterocycles. The summed E-state index contributed by atoms with van der Waals surface area (Å²) >= 11 is 0. The summed E-state index contributed by atoms with van der Waals surface area (Å²) < 4.78 is 0. The zero-order valence-electron chi connectivity index (χ0n) is 11.1. The topological polar surface area (TPSA) is 202 Å². The third-order valence-electron chi connectivity index (χ3n) is 1.33. The third kappa shape index (κ3) is 36.5. The van der Waals surface area contributed by atoms with Gasteiger partial charge in [-0.2, -0.15) is 0 Å². The largest absolute Gasteiger partial charge is 1.00 e. The van der Waals surface area contributed by atoms with Crippen molar-refractivity contribution >= 4 is 29.5 Å². The van der Waals surface area contributed by atoms with Gasteiger partial charge >= 0.3 is 76.7 Å². The van der Waals surface area contributed by atoms with Crippen LogP contribution in [0.3, 0.4) is 0 Å². The van der Waals surface area contributed by atoms with E-state index in [0.717, 1.165) is 0 Å². The number of carbonyl (C=O) groups is 2. The number of aliphatic carboxylic acids is 2. The molecule has 0 aromatic carbocycles. The number of carboxylic acid groups (broad SMARTS) is 2. The monoisotopic (exact) mass is 348 g/mol. The van der Waals surface area contributed by atoms with Crippen LogP contribution >= 0.6 is 0 Å². The minimum atomic E-state index is -4.14. The Hall–Kier alpha value is 1.13. The summed E-state index contributed by atoms with van der Waals surface area (Å²) in [5.41, 5.74) is 0. The van der Waals surface area contributed by atoms with E-state index in [1.807, 2.05) is 0 Å². The zero-order chi connectivity index (χ0) is 15.0. The third-order valence-corrected chi connectivity index (χ3v) is 3.17. The van der Waals surface area contributed by atoms with Crippen molar-refractivity contribution in [1.29, 1.82) is 0 Å². The van der Waals surface area contributed by atoms with Gasteiger partial charge in [0.1, 0.15) is 0 Å². The normalized spacial score (nSPS) is 10.3. The van der Waals surface area contributed by atoms with E-state index < -0.39 is 54.5 Å². The standard InChI is InChI=1S/2C3H8O5Si.2Na/c2*4-3(5)1-2-9(6,7)8;;/h2*6-8H,1-2H2,(H,4,5);;/q;;2*+1/p-2. The molecule has 0 aliphatic carbocycles. The fraction of sp³-hybridized carbons (Fsp3) is 0.667. The van der Waals surface area contributed by atoms with Gasteiger partial charge in [0.2, 0.25) is 0 Å². The number of hydrogen-bond donors (Lipinski definition) is 6. The van der Waals surface area contributed by atoms with Crippen molar-refractivity contribution in [2.75, 3.05) is 0 Å². The van der Waals surface area contributed by atoms with Crippen LogP contribution in [0.15, 0.2) is 0 Å². The number of hydrogen-bond acceptors (Lipinski definition) is 10. The summed E-state index contributed by atoms with van der Waals surface area (Å²) in [5, 5.41) is 19.2. The minimum absolute atomic E-state index is 0. The van der Waals surface area contributed by atoms with Gasteiger partial charge in [-0.05, 0) is 12.8 Å². The maximum Gasteiger partial charge on any atom is 1.00 e. The molecule has 0 bridgehead atoms. The molecule has 6 N–H and O–H groups in total. The first-order valence-corrected chi connectivity index (χ1v) is 8.67. The van der Waals surface area contributed by atoms with E-state index >= 15 is 0 Å². The van der Waals surface area contributed by atoms with E-state index in [9.17, 15) is 19.8 Å². The van der Waals surface area contributed by atoms with Crippen LogP contribution in [-0.2, 0) is 9.59 Å². The molecular formula is C6H14Na2O10Si2. The van der Waals surface area contributed by atoms with Crippen LogP contribution < -0.4 is 69.3 Å². The van der Waals surface area contributed by atoms with E-state index in [1.165, 1.54) is 0 Å². The Morgan fingerprint density at radius 2 is 0.900 bits per heavy atom. The fourth-order valence-corrected chi connectivity index (χ4v) is 1.62. The number of carboxylic acids is 2. The second-order valence-corrected chi connectivity index (χ2v) is 7.39. The Kier molecular flexibility index (Phi) is 20.1. The average molecular weight is 348 g/mol. The first kappa shape index (κ1) is 29.2. The first-order chi connectivity index (χ1) is 7.83. The molecule has 0 fully saturated rings. The molecule has 0 amide bonds. The van der Waals surface area contributed by atoms with Gasteiger partial charge in [-0.3, -0.25) is 0 Å². The Labute approximate surface area is 161 Å². The SMILES string of the molecule is O=C([O-])CC[Si](O)(O)O.O=C([O-])CC[Si](O)(O)O.[Na+].[Na+]. The summed E-state index contributed by atoms with van der Waals surface area (Å²) in [7, 11) is -8.28. The van der Waals surface area contributed by atoms with Crippen LogP contribution in [0.2, 0.25) is 12.1 Å². The molecule has 14 heteroatoms. The second-order valence-electron chi connectivity index (χ2n) is 3.29. The van der Waals surface area contributed by atoms with Gasteiger partial charge in [0.15, 0.2) is 0 Å². The van der Waals surface area contributed by atoms with Crippen molar-refractivity contribution in [2.45, 2.75) is 24.9 Å². The van der Waals surface area contributed by atoms with Gasteiger partial charge in [-0.25, -0.2) is 0 Å². The molecule has 0 unspecified atom stereocenters. The van der Waals surface area contributed by atoms with Gasteiger partial charge < -0.3 is 48.6 Å². The summed E-state index contributed by atoms with van der Waals surface area (Å²) in [6.45, 7) is 0. The Morgan fingerprint density at radius 3 is 0.950 bits per heavy atom. The molecule has 0 saturated carbocycles. The summed E-state index contributed by atoms with van der Waals surface area (Å²) in [4.78, 5) is 68.6. The predicted octanol–water partition coefficient (Wildman–Crippen LogP) is -11.9. The van der Waals surface area contributed by atoms with Crippen LogP contribution in [-0.4, -0.2) is 58.3 Å². The molecule has 0 heterocycles. The van der Waals surface area contributed by atoms with E-state index in [4.69, 9.17) is 28.8 Å².